The van der Waals surface area contributed by atoms with Crippen LogP contribution in [0.4, 0.5) is 0 Å². The van der Waals surface area contributed by atoms with E-state index in [4.69, 9.17) is 5.73 Å². The van der Waals surface area contributed by atoms with E-state index in [0.29, 0.717) is 0 Å². The fraction of sp³-hybridized carbons (Fsp3) is 1.00. The second kappa shape index (κ2) is 2.78. The van der Waals surface area contributed by atoms with Crippen LogP contribution in [0.3, 0.4) is 0 Å². The van der Waals surface area contributed by atoms with Crippen LogP contribution in [-0.2, 0) is 21.7 Å². The van der Waals surface area contributed by atoms with E-state index in [2.05, 4.69) is 0 Å². The number of hydrogen-bond donors (Lipinski definition) is 0. The second-order valence-electron chi connectivity index (χ2n) is 2.25. The molecule has 0 radical (unpaired) electrons. The molecule has 0 amide bonds. The van der Waals surface area contributed by atoms with Crippen LogP contribution < -0.4 is 0 Å². The van der Waals surface area contributed by atoms with Gasteiger partial charge in [0.25, 0.3) is 0 Å². The largest absolute Gasteiger partial charge is 0.673 e. The zero-order valence-electron chi connectivity index (χ0n) is 4.50. The molecule has 0 bridgehead atoms. The first-order valence-corrected chi connectivity index (χ1v) is 1.75. The minimum atomic E-state index is -0.250. The normalized spacial score (nSPS) is 10.0. The first-order valence-electron chi connectivity index (χ1n) is 1.75. The van der Waals surface area contributed by atoms with Crippen LogP contribution in [-0.4, -0.2) is 5.54 Å². The average Bonchev–Trinajstić information content (AvgIpc) is 0.722. The van der Waals surface area contributed by atoms with Crippen molar-refractivity contribution in [2.45, 2.75) is 26.3 Å². The van der Waals surface area contributed by atoms with E-state index >= 15 is 0 Å². The Morgan fingerprint density at radius 1 is 1.17 bits per heavy atom. The summed E-state index contributed by atoms with van der Waals surface area (Å²) in [5, 5.41) is 0. The number of hydrogen-bond acceptors (Lipinski definition) is 0. The van der Waals surface area contributed by atoms with E-state index in [-0.39, 0.29) is 27.3 Å². The average molecular weight is 120 g/mol. The quantitative estimate of drug-likeness (QED) is 0.435. The van der Waals surface area contributed by atoms with Crippen molar-refractivity contribution < 1.29 is 21.7 Å². The predicted molar refractivity (Wildman–Crippen MR) is 24.1 cm³/mol. The van der Waals surface area contributed by atoms with Crippen molar-refractivity contribution in [2.24, 2.45) is 0 Å². The summed E-state index contributed by atoms with van der Waals surface area (Å²) in [5.41, 5.74) is 6.69. The van der Waals surface area contributed by atoms with Crippen molar-refractivity contribution in [3.8, 4) is 0 Å². The Kier molecular flexibility index (Phi) is 4.56. The molecular formula is C4H10NTi-. The maximum absolute atomic E-state index is 6.94. The van der Waals surface area contributed by atoms with E-state index in [0.717, 1.165) is 0 Å². The fourth-order valence-corrected chi connectivity index (χ4v) is 0. The van der Waals surface area contributed by atoms with Gasteiger partial charge in [0.05, 0.1) is 0 Å². The molecule has 1 N–H and O–H groups in total. The van der Waals surface area contributed by atoms with Crippen molar-refractivity contribution in [3.05, 3.63) is 5.73 Å². The molecule has 0 rings (SSSR count). The molecule has 0 aromatic heterocycles. The van der Waals surface area contributed by atoms with E-state index in [1.807, 2.05) is 20.8 Å². The molecule has 2 heteroatoms. The van der Waals surface area contributed by atoms with Gasteiger partial charge in [-0.25, -0.2) is 0 Å². The maximum atomic E-state index is 6.94. The molecule has 36 valence electrons. The summed E-state index contributed by atoms with van der Waals surface area (Å²) >= 11 is 0. The molecule has 0 spiro atoms. The molecule has 0 aliphatic heterocycles. The van der Waals surface area contributed by atoms with Crippen LogP contribution in [0.1, 0.15) is 20.8 Å². The summed E-state index contributed by atoms with van der Waals surface area (Å²) in [6.07, 6.45) is 0. The first kappa shape index (κ1) is 9.84. The first-order chi connectivity index (χ1) is 2.00. The summed E-state index contributed by atoms with van der Waals surface area (Å²) in [6, 6.07) is 0. The molecule has 0 aliphatic rings. The third-order valence-electron chi connectivity index (χ3n) is 0. The van der Waals surface area contributed by atoms with E-state index in [1.165, 1.54) is 0 Å². The summed E-state index contributed by atoms with van der Waals surface area (Å²) in [6.45, 7) is 5.56. The Morgan fingerprint density at radius 3 is 1.17 bits per heavy atom. The van der Waals surface area contributed by atoms with Gasteiger partial charge in [-0.2, -0.15) is 0 Å². The van der Waals surface area contributed by atoms with Crippen molar-refractivity contribution in [3.63, 3.8) is 0 Å². The molecule has 0 unspecified atom stereocenters. The Labute approximate surface area is 54.2 Å². The number of rotatable bonds is 0. The molecular weight excluding hydrogens is 110 g/mol. The van der Waals surface area contributed by atoms with Crippen molar-refractivity contribution >= 4 is 0 Å². The topological polar surface area (TPSA) is 23.8 Å². The minimum absolute atomic E-state index is 0. The SMILES string of the molecule is CC(C)(C)[NH-].[Ti]. The van der Waals surface area contributed by atoms with Gasteiger partial charge < -0.3 is 5.73 Å². The van der Waals surface area contributed by atoms with Gasteiger partial charge >= 0.3 is 0 Å². The van der Waals surface area contributed by atoms with Gasteiger partial charge in [-0.15, -0.1) is 5.54 Å². The smallest absolute Gasteiger partial charge is 0 e. The molecule has 0 aromatic rings. The van der Waals surface area contributed by atoms with E-state index in [1.54, 1.807) is 0 Å². The summed E-state index contributed by atoms with van der Waals surface area (Å²) in [5.74, 6) is 0. The van der Waals surface area contributed by atoms with Crippen LogP contribution in [0.2, 0.25) is 0 Å². The van der Waals surface area contributed by atoms with Crippen molar-refractivity contribution in [1.82, 2.24) is 0 Å². The molecule has 0 aliphatic carbocycles. The van der Waals surface area contributed by atoms with E-state index < -0.39 is 0 Å². The Balaban J connectivity index is 0. The monoisotopic (exact) mass is 120 g/mol. The molecule has 0 saturated carbocycles. The van der Waals surface area contributed by atoms with Gasteiger partial charge in [0.2, 0.25) is 0 Å². The summed E-state index contributed by atoms with van der Waals surface area (Å²) in [7, 11) is 0. The molecule has 0 atom stereocenters. The molecule has 0 fully saturated rings. The maximum Gasteiger partial charge on any atom is 0 e. The van der Waals surface area contributed by atoms with Crippen LogP contribution in [0.5, 0.6) is 0 Å². The Hall–Kier alpha value is 0.674. The number of nitrogens with one attached hydrogen (secondary N) is 1. The van der Waals surface area contributed by atoms with Crippen LogP contribution >= 0.6 is 0 Å². The molecule has 0 saturated heterocycles. The summed E-state index contributed by atoms with van der Waals surface area (Å²) in [4.78, 5) is 0. The van der Waals surface area contributed by atoms with Gasteiger partial charge in [-0.05, 0) is 0 Å². The van der Waals surface area contributed by atoms with E-state index in [9.17, 15) is 0 Å². The third-order valence-corrected chi connectivity index (χ3v) is 0. The van der Waals surface area contributed by atoms with Crippen molar-refractivity contribution in [1.29, 1.82) is 0 Å². The predicted octanol–water partition coefficient (Wildman–Crippen LogP) is 1.83. The molecule has 0 aromatic carbocycles. The zero-order valence-corrected chi connectivity index (χ0v) is 6.06. The molecule has 1 nitrogen and oxygen atoms in total. The fourth-order valence-electron chi connectivity index (χ4n) is 0. The Bertz CT molecular complexity index is 23.0. The van der Waals surface area contributed by atoms with Gasteiger partial charge in [0, 0.05) is 21.7 Å². The van der Waals surface area contributed by atoms with Gasteiger partial charge in [0.15, 0.2) is 0 Å². The Morgan fingerprint density at radius 2 is 1.17 bits per heavy atom. The van der Waals surface area contributed by atoms with Crippen molar-refractivity contribution in [2.75, 3.05) is 0 Å². The van der Waals surface area contributed by atoms with Gasteiger partial charge in [-0.1, -0.05) is 20.8 Å². The van der Waals surface area contributed by atoms with Crippen LogP contribution in [0.15, 0.2) is 0 Å². The second-order valence-corrected chi connectivity index (χ2v) is 2.25. The standard InChI is InChI=1S/C4H10N.Ti/c1-4(2,3)5;/h5H,1-3H3;/q-1;. The molecule has 6 heavy (non-hydrogen) atoms. The van der Waals surface area contributed by atoms with Gasteiger partial charge in [0.1, 0.15) is 0 Å². The van der Waals surface area contributed by atoms with Crippen LogP contribution in [0, 0.1) is 0 Å². The minimum Gasteiger partial charge on any atom is -0.673 e. The summed E-state index contributed by atoms with van der Waals surface area (Å²) < 4.78 is 0. The zero-order chi connectivity index (χ0) is 4.50. The van der Waals surface area contributed by atoms with Crippen LogP contribution in [0.25, 0.3) is 5.73 Å². The molecule has 0 heterocycles. The van der Waals surface area contributed by atoms with Gasteiger partial charge in [-0.3, -0.25) is 0 Å². The third kappa shape index (κ3) is 139.